The van der Waals surface area contributed by atoms with Gasteiger partial charge < -0.3 is 19.8 Å². The monoisotopic (exact) mass is 365 g/mol. The van der Waals surface area contributed by atoms with Gasteiger partial charge in [0.1, 0.15) is 0 Å². The van der Waals surface area contributed by atoms with Crippen LogP contribution in [0.4, 0.5) is 0 Å². The molecule has 25 heavy (non-hydrogen) atoms. The van der Waals surface area contributed by atoms with Crippen LogP contribution in [-0.2, 0) is 4.79 Å². The Hall–Kier alpha value is -1.14. The Morgan fingerprint density at radius 1 is 1.16 bits per heavy atom. The summed E-state index contributed by atoms with van der Waals surface area (Å²) in [7, 11) is 2.17. The van der Waals surface area contributed by atoms with Crippen molar-refractivity contribution in [2.75, 3.05) is 52.9 Å². The molecule has 0 bridgehead atoms. The molecule has 2 saturated heterocycles. The fourth-order valence-electron chi connectivity index (χ4n) is 3.73. The van der Waals surface area contributed by atoms with E-state index < -0.39 is 6.10 Å². The summed E-state index contributed by atoms with van der Waals surface area (Å²) in [5.41, 5.74) is 0.494. The van der Waals surface area contributed by atoms with E-state index in [2.05, 4.69) is 16.8 Å². The van der Waals surface area contributed by atoms with E-state index in [1.54, 1.807) is 29.2 Å². The molecule has 0 unspecified atom stereocenters. The largest absolute Gasteiger partial charge is 0.378 e. The third kappa shape index (κ3) is 4.73. The number of hydrogen-bond acceptors (Lipinski definition) is 4. The molecule has 1 aromatic carbocycles. The second-order valence-electron chi connectivity index (χ2n) is 7.30. The number of halogens is 1. The van der Waals surface area contributed by atoms with E-state index in [0.717, 1.165) is 58.7 Å². The van der Waals surface area contributed by atoms with Crippen LogP contribution in [0.1, 0.15) is 24.5 Å². The second-order valence-corrected chi connectivity index (χ2v) is 7.70. The molecule has 2 heterocycles. The van der Waals surface area contributed by atoms with E-state index in [1.807, 2.05) is 0 Å². The average molecular weight is 366 g/mol. The number of likely N-dealkylation sites (N-methyl/N-ethyl adjacent to an activating group) is 1. The molecule has 1 atom stereocenters. The van der Waals surface area contributed by atoms with Gasteiger partial charge >= 0.3 is 0 Å². The third-order valence-corrected chi connectivity index (χ3v) is 5.82. The lowest BCUT2D eigenvalue weighted by atomic mass is 9.95. The van der Waals surface area contributed by atoms with Crippen LogP contribution in [0.15, 0.2) is 24.3 Å². The number of rotatable bonds is 4. The maximum absolute atomic E-state index is 12.6. The maximum Gasteiger partial charge on any atom is 0.256 e. The van der Waals surface area contributed by atoms with Crippen molar-refractivity contribution in [1.29, 1.82) is 0 Å². The third-order valence-electron chi connectivity index (χ3n) is 5.47. The molecular weight excluding hydrogens is 338 g/mol. The Morgan fingerprint density at radius 3 is 2.44 bits per heavy atom. The van der Waals surface area contributed by atoms with Crippen LogP contribution < -0.4 is 0 Å². The fourth-order valence-corrected chi connectivity index (χ4v) is 3.97. The molecule has 0 spiro atoms. The van der Waals surface area contributed by atoms with Crippen molar-refractivity contribution in [2.24, 2.45) is 5.92 Å². The predicted octanol–water partition coefficient (Wildman–Crippen LogP) is 1.86. The van der Waals surface area contributed by atoms with E-state index in [-0.39, 0.29) is 5.91 Å². The average Bonchev–Trinajstić information content (AvgIpc) is 2.63. The lowest BCUT2D eigenvalue weighted by molar-refractivity contribution is -0.142. The first-order chi connectivity index (χ1) is 12.0. The summed E-state index contributed by atoms with van der Waals surface area (Å²) in [5.74, 6) is 0.413. The van der Waals surface area contributed by atoms with Gasteiger partial charge in [0.15, 0.2) is 6.10 Å². The minimum atomic E-state index is -1.16. The van der Waals surface area contributed by atoms with Gasteiger partial charge in [0, 0.05) is 56.4 Å². The van der Waals surface area contributed by atoms with Gasteiger partial charge in [-0.1, -0.05) is 29.8 Å². The van der Waals surface area contributed by atoms with Crippen LogP contribution in [0, 0.1) is 5.92 Å². The zero-order valence-electron chi connectivity index (χ0n) is 14.9. The molecule has 0 aliphatic carbocycles. The first-order valence-corrected chi connectivity index (χ1v) is 9.54. The van der Waals surface area contributed by atoms with Crippen LogP contribution in [0.25, 0.3) is 0 Å². The van der Waals surface area contributed by atoms with Crippen molar-refractivity contribution in [3.8, 4) is 0 Å². The van der Waals surface area contributed by atoms with Crippen LogP contribution in [0.3, 0.4) is 0 Å². The molecule has 138 valence electrons. The highest BCUT2D eigenvalue weighted by atomic mass is 35.5. The highest BCUT2D eigenvalue weighted by Gasteiger charge is 2.29. The topological polar surface area (TPSA) is 47.0 Å². The number of piperazine rings is 1. The molecular formula is C19H28ClN3O2. The molecule has 5 nitrogen and oxygen atoms in total. The second kappa shape index (κ2) is 8.49. The number of nitrogens with zero attached hydrogens (tertiary/aromatic N) is 3. The Morgan fingerprint density at radius 2 is 1.80 bits per heavy atom. The quantitative estimate of drug-likeness (QED) is 0.884. The van der Waals surface area contributed by atoms with Crippen molar-refractivity contribution in [1.82, 2.24) is 14.7 Å². The summed E-state index contributed by atoms with van der Waals surface area (Å²) in [4.78, 5) is 19.3. The summed E-state index contributed by atoms with van der Waals surface area (Å²) in [5, 5.41) is 10.8. The zero-order chi connectivity index (χ0) is 17.8. The lowest BCUT2D eigenvalue weighted by Crippen LogP contribution is -2.48. The number of benzene rings is 1. The molecule has 6 heteroatoms. The predicted molar refractivity (Wildman–Crippen MR) is 99.7 cm³/mol. The Balaban J connectivity index is 1.48. The summed E-state index contributed by atoms with van der Waals surface area (Å²) in [6, 6.07) is 7.01. The maximum atomic E-state index is 12.6. The number of piperidine rings is 1. The molecule has 2 aliphatic rings. The van der Waals surface area contributed by atoms with Gasteiger partial charge in [0.25, 0.3) is 5.91 Å². The number of carbonyl (C=O) groups is 1. The normalized spacial score (nSPS) is 22.1. The summed E-state index contributed by atoms with van der Waals surface area (Å²) in [6.07, 6.45) is 0.851. The zero-order valence-corrected chi connectivity index (χ0v) is 15.7. The van der Waals surface area contributed by atoms with Crippen LogP contribution in [0.2, 0.25) is 5.02 Å². The summed E-state index contributed by atoms with van der Waals surface area (Å²) < 4.78 is 0. The highest BCUT2D eigenvalue weighted by molar-refractivity contribution is 6.31. The highest BCUT2D eigenvalue weighted by Crippen LogP contribution is 2.26. The standard InChI is InChI=1S/C19H28ClN3O2/c1-21-10-12-22(13-11-21)14-15-6-8-23(9-7-15)19(25)18(24)16-4-2-3-5-17(16)20/h2-5,15,18,24H,6-14H2,1H3/t18-/m0/s1. The fraction of sp³-hybridized carbons (Fsp3) is 0.632. The van der Waals surface area contributed by atoms with Crippen LogP contribution in [-0.4, -0.2) is 78.6 Å². The molecule has 0 saturated carbocycles. The Bertz CT molecular complexity index is 582. The van der Waals surface area contributed by atoms with Gasteiger partial charge in [-0.15, -0.1) is 0 Å². The number of hydrogen-bond donors (Lipinski definition) is 1. The summed E-state index contributed by atoms with van der Waals surface area (Å²) in [6.45, 7) is 7.13. The summed E-state index contributed by atoms with van der Waals surface area (Å²) >= 11 is 6.10. The van der Waals surface area contributed by atoms with Crippen LogP contribution in [0.5, 0.6) is 0 Å². The van der Waals surface area contributed by atoms with Gasteiger partial charge in [-0.3, -0.25) is 4.79 Å². The van der Waals surface area contributed by atoms with Gasteiger partial charge in [0.05, 0.1) is 0 Å². The molecule has 1 N–H and O–H groups in total. The molecule has 1 aromatic rings. The molecule has 3 rings (SSSR count). The Kier molecular flexibility index (Phi) is 6.34. The molecule has 2 aliphatic heterocycles. The van der Waals surface area contributed by atoms with Crippen molar-refractivity contribution < 1.29 is 9.90 Å². The minimum absolute atomic E-state index is 0.230. The van der Waals surface area contributed by atoms with Crippen molar-refractivity contribution in [3.05, 3.63) is 34.9 Å². The Labute approximate surface area is 155 Å². The van der Waals surface area contributed by atoms with E-state index in [4.69, 9.17) is 11.6 Å². The van der Waals surface area contributed by atoms with Gasteiger partial charge in [-0.25, -0.2) is 0 Å². The van der Waals surface area contributed by atoms with Crippen molar-refractivity contribution in [2.45, 2.75) is 18.9 Å². The van der Waals surface area contributed by atoms with Gasteiger partial charge in [-0.05, 0) is 31.9 Å². The molecule has 2 fully saturated rings. The van der Waals surface area contributed by atoms with E-state index in [0.29, 0.717) is 16.5 Å². The number of amides is 1. The molecule has 1 amide bonds. The molecule has 0 aromatic heterocycles. The minimum Gasteiger partial charge on any atom is -0.378 e. The van der Waals surface area contributed by atoms with Crippen molar-refractivity contribution in [3.63, 3.8) is 0 Å². The van der Waals surface area contributed by atoms with Crippen molar-refractivity contribution >= 4 is 17.5 Å². The first-order valence-electron chi connectivity index (χ1n) is 9.17. The lowest BCUT2D eigenvalue weighted by Gasteiger charge is -2.38. The SMILES string of the molecule is CN1CCN(CC2CCN(C(=O)[C@@H](O)c3ccccc3Cl)CC2)CC1. The smallest absolute Gasteiger partial charge is 0.256 e. The van der Waals surface area contributed by atoms with Gasteiger partial charge in [0.2, 0.25) is 0 Å². The number of aliphatic hydroxyl groups is 1. The van der Waals surface area contributed by atoms with E-state index in [9.17, 15) is 9.90 Å². The van der Waals surface area contributed by atoms with Gasteiger partial charge in [-0.2, -0.15) is 0 Å². The number of carbonyl (C=O) groups excluding carboxylic acids is 1. The number of aliphatic hydroxyl groups excluding tert-OH is 1. The van der Waals surface area contributed by atoms with E-state index in [1.165, 1.54) is 0 Å². The first kappa shape index (κ1) is 18.6. The molecule has 0 radical (unpaired) electrons. The van der Waals surface area contributed by atoms with E-state index >= 15 is 0 Å². The van der Waals surface area contributed by atoms with Crippen LogP contribution >= 0.6 is 11.6 Å². The number of likely N-dealkylation sites (tertiary alicyclic amines) is 1.